The molecule has 2 N–H and O–H groups in total. The lowest BCUT2D eigenvalue weighted by Crippen LogP contribution is -2.28. The van der Waals surface area contributed by atoms with Crippen molar-refractivity contribution in [2.45, 2.75) is 13.5 Å². The van der Waals surface area contributed by atoms with E-state index in [0.717, 1.165) is 5.56 Å². The first-order valence-electron chi connectivity index (χ1n) is 7.69. The highest BCUT2D eigenvalue weighted by molar-refractivity contribution is 5.87. The highest BCUT2D eigenvalue weighted by atomic mass is 16.5. The van der Waals surface area contributed by atoms with Crippen LogP contribution in [-0.2, 0) is 11.3 Å². The first-order valence-corrected chi connectivity index (χ1v) is 7.69. The Bertz CT molecular complexity index is 914. The van der Waals surface area contributed by atoms with Crippen molar-refractivity contribution in [3.8, 4) is 5.75 Å². The third-order valence-corrected chi connectivity index (χ3v) is 3.74. The summed E-state index contributed by atoms with van der Waals surface area (Å²) >= 11 is 0. The predicted molar refractivity (Wildman–Crippen MR) is 93.1 cm³/mol. The van der Waals surface area contributed by atoms with Gasteiger partial charge >= 0.3 is 0 Å². The minimum atomic E-state index is -0.211. The molecule has 0 aliphatic carbocycles. The van der Waals surface area contributed by atoms with Gasteiger partial charge in [-0.15, -0.1) is 0 Å². The molecule has 1 amide bonds. The molecule has 5 heteroatoms. The van der Waals surface area contributed by atoms with Gasteiger partial charge in [-0.3, -0.25) is 9.59 Å². The topological polar surface area (TPSA) is 71.2 Å². The highest BCUT2D eigenvalue weighted by Crippen LogP contribution is 2.22. The lowest BCUT2D eigenvalue weighted by Gasteiger charge is -2.09. The molecule has 24 heavy (non-hydrogen) atoms. The molecule has 5 nitrogen and oxygen atoms in total. The van der Waals surface area contributed by atoms with Gasteiger partial charge in [-0.05, 0) is 30.7 Å². The predicted octanol–water partition coefficient (Wildman–Crippen LogP) is 2.53. The van der Waals surface area contributed by atoms with E-state index >= 15 is 0 Å². The summed E-state index contributed by atoms with van der Waals surface area (Å²) in [6, 6.07) is 14.9. The SMILES string of the molecule is Cc1ccc(CNC(=O)COc2cccc3c(=O)[nH]ccc23)cc1. The number of rotatable bonds is 5. The Kier molecular flexibility index (Phi) is 4.61. The maximum Gasteiger partial charge on any atom is 0.258 e. The maximum atomic E-state index is 12.0. The number of aromatic amines is 1. The van der Waals surface area contributed by atoms with Gasteiger partial charge in [0, 0.05) is 18.1 Å². The van der Waals surface area contributed by atoms with Gasteiger partial charge in [-0.25, -0.2) is 0 Å². The van der Waals surface area contributed by atoms with Crippen molar-refractivity contribution < 1.29 is 9.53 Å². The molecule has 0 radical (unpaired) electrons. The Morgan fingerprint density at radius 2 is 1.88 bits per heavy atom. The van der Waals surface area contributed by atoms with Crippen LogP contribution >= 0.6 is 0 Å². The van der Waals surface area contributed by atoms with Crippen LogP contribution in [-0.4, -0.2) is 17.5 Å². The summed E-state index contributed by atoms with van der Waals surface area (Å²) in [6.07, 6.45) is 1.56. The summed E-state index contributed by atoms with van der Waals surface area (Å²) in [4.78, 5) is 26.3. The third kappa shape index (κ3) is 3.63. The number of hydrogen-bond acceptors (Lipinski definition) is 3. The molecule has 0 atom stereocenters. The normalized spacial score (nSPS) is 10.5. The number of ether oxygens (including phenoxy) is 1. The Labute approximate surface area is 139 Å². The molecule has 0 saturated heterocycles. The van der Waals surface area contributed by atoms with E-state index in [1.54, 1.807) is 30.5 Å². The number of benzene rings is 2. The number of carbonyl (C=O) groups is 1. The number of nitrogens with one attached hydrogen (secondary N) is 2. The van der Waals surface area contributed by atoms with E-state index in [2.05, 4.69) is 10.3 Å². The number of amides is 1. The summed E-state index contributed by atoms with van der Waals surface area (Å²) in [5, 5.41) is 4.04. The molecule has 1 aromatic heterocycles. The van der Waals surface area contributed by atoms with Crippen LogP contribution in [0.15, 0.2) is 59.5 Å². The molecule has 0 unspecified atom stereocenters. The van der Waals surface area contributed by atoms with Gasteiger partial charge in [0.2, 0.25) is 0 Å². The average Bonchev–Trinajstić information content (AvgIpc) is 2.60. The molecular weight excluding hydrogens is 304 g/mol. The largest absolute Gasteiger partial charge is 0.483 e. The first kappa shape index (κ1) is 15.8. The monoisotopic (exact) mass is 322 g/mol. The molecule has 1 heterocycles. The fourth-order valence-corrected chi connectivity index (χ4v) is 2.42. The van der Waals surface area contributed by atoms with Crippen molar-refractivity contribution in [2.24, 2.45) is 0 Å². The summed E-state index contributed by atoms with van der Waals surface area (Å²) in [6.45, 7) is 2.38. The molecule has 0 spiro atoms. The fraction of sp³-hybridized carbons (Fsp3) is 0.158. The fourth-order valence-electron chi connectivity index (χ4n) is 2.42. The number of aryl methyl sites for hydroxylation is 1. The molecule has 122 valence electrons. The van der Waals surface area contributed by atoms with Crippen LogP contribution in [0.25, 0.3) is 10.8 Å². The van der Waals surface area contributed by atoms with E-state index in [1.807, 2.05) is 31.2 Å². The van der Waals surface area contributed by atoms with Crippen molar-refractivity contribution in [1.82, 2.24) is 10.3 Å². The smallest absolute Gasteiger partial charge is 0.258 e. The second kappa shape index (κ2) is 7.00. The molecule has 3 aromatic rings. The molecule has 0 bridgehead atoms. The summed E-state index contributed by atoms with van der Waals surface area (Å²) in [5.41, 5.74) is 2.03. The number of fused-ring (bicyclic) bond motifs is 1. The standard InChI is InChI=1S/C19H18N2O3/c1-13-5-7-14(8-6-13)11-21-18(22)12-24-17-4-2-3-16-15(17)9-10-20-19(16)23/h2-10H,11-12H2,1H3,(H,20,23)(H,21,22). The first-order chi connectivity index (χ1) is 11.6. The molecule has 2 aromatic carbocycles. The minimum absolute atomic E-state index is 0.0994. The van der Waals surface area contributed by atoms with E-state index in [0.29, 0.717) is 23.1 Å². The Morgan fingerprint density at radius 1 is 1.08 bits per heavy atom. The van der Waals surface area contributed by atoms with Gasteiger partial charge in [-0.2, -0.15) is 0 Å². The van der Waals surface area contributed by atoms with E-state index in [9.17, 15) is 9.59 Å². The Hall–Kier alpha value is -3.08. The van der Waals surface area contributed by atoms with Crippen LogP contribution in [0, 0.1) is 6.92 Å². The lowest BCUT2D eigenvalue weighted by atomic mass is 10.1. The zero-order valence-electron chi connectivity index (χ0n) is 13.3. The minimum Gasteiger partial charge on any atom is -0.483 e. The zero-order chi connectivity index (χ0) is 16.9. The van der Waals surface area contributed by atoms with Crippen molar-refractivity contribution in [3.63, 3.8) is 0 Å². The molecule has 0 aliphatic rings. The van der Waals surface area contributed by atoms with Crippen LogP contribution in [0.5, 0.6) is 5.75 Å². The second-order valence-electron chi connectivity index (χ2n) is 5.58. The summed E-state index contributed by atoms with van der Waals surface area (Å²) < 4.78 is 5.58. The van der Waals surface area contributed by atoms with Crippen LogP contribution in [0.3, 0.4) is 0 Å². The van der Waals surface area contributed by atoms with E-state index in [1.165, 1.54) is 5.56 Å². The van der Waals surface area contributed by atoms with Gasteiger partial charge in [0.15, 0.2) is 6.61 Å². The van der Waals surface area contributed by atoms with Crippen LogP contribution in [0.4, 0.5) is 0 Å². The van der Waals surface area contributed by atoms with E-state index in [4.69, 9.17) is 4.74 Å². The van der Waals surface area contributed by atoms with Gasteiger partial charge in [-0.1, -0.05) is 35.9 Å². The van der Waals surface area contributed by atoms with Gasteiger partial charge in [0.25, 0.3) is 11.5 Å². The van der Waals surface area contributed by atoms with Crippen LogP contribution < -0.4 is 15.6 Å². The Morgan fingerprint density at radius 3 is 2.67 bits per heavy atom. The van der Waals surface area contributed by atoms with Crippen molar-refractivity contribution >= 4 is 16.7 Å². The summed E-state index contributed by atoms with van der Waals surface area (Å²) in [7, 11) is 0. The number of aromatic nitrogens is 1. The second-order valence-corrected chi connectivity index (χ2v) is 5.58. The van der Waals surface area contributed by atoms with Gasteiger partial charge in [0.1, 0.15) is 5.75 Å². The Balaban J connectivity index is 1.61. The molecule has 0 fully saturated rings. The molecule has 0 aliphatic heterocycles. The van der Waals surface area contributed by atoms with Gasteiger partial charge < -0.3 is 15.0 Å². The van der Waals surface area contributed by atoms with Crippen LogP contribution in [0.1, 0.15) is 11.1 Å². The van der Waals surface area contributed by atoms with E-state index < -0.39 is 0 Å². The zero-order valence-corrected chi connectivity index (χ0v) is 13.3. The number of pyridine rings is 1. The average molecular weight is 322 g/mol. The van der Waals surface area contributed by atoms with Crippen molar-refractivity contribution in [1.29, 1.82) is 0 Å². The number of hydrogen-bond donors (Lipinski definition) is 2. The summed E-state index contributed by atoms with van der Waals surface area (Å²) in [5.74, 6) is 0.307. The van der Waals surface area contributed by atoms with Gasteiger partial charge in [0.05, 0.1) is 5.39 Å². The molecular formula is C19H18N2O3. The lowest BCUT2D eigenvalue weighted by molar-refractivity contribution is -0.123. The third-order valence-electron chi connectivity index (χ3n) is 3.74. The highest BCUT2D eigenvalue weighted by Gasteiger charge is 2.07. The molecule has 3 rings (SSSR count). The quantitative estimate of drug-likeness (QED) is 0.758. The number of carbonyl (C=O) groups excluding carboxylic acids is 1. The van der Waals surface area contributed by atoms with Crippen molar-refractivity contribution in [2.75, 3.05) is 6.61 Å². The number of H-pyrrole nitrogens is 1. The maximum absolute atomic E-state index is 12.0. The van der Waals surface area contributed by atoms with E-state index in [-0.39, 0.29) is 18.1 Å². The molecule has 0 saturated carbocycles. The van der Waals surface area contributed by atoms with Crippen LogP contribution in [0.2, 0.25) is 0 Å². The van der Waals surface area contributed by atoms with Crippen molar-refractivity contribution in [3.05, 3.63) is 76.2 Å².